The summed E-state index contributed by atoms with van der Waals surface area (Å²) in [5, 5.41) is 5.88. The largest absolute Gasteiger partial charge is 0.354 e. The molecule has 0 atom stereocenters. The van der Waals surface area contributed by atoms with Crippen LogP contribution in [0, 0.1) is 0 Å². The molecule has 1 aliphatic heterocycles. The van der Waals surface area contributed by atoms with Gasteiger partial charge >= 0.3 is 0 Å². The molecule has 106 valence electrons. The van der Waals surface area contributed by atoms with Crippen molar-refractivity contribution in [2.24, 2.45) is 0 Å². The van der Waals surface area contributed by atoms with Gasteiger partial charge in [-0.1, -0.05) is 0 Å². The Morgan fingerprint density at radius 1 is 1.33 bits per heavy atom. The van der Waals surface area contributed by atoms with Crippen LogP contribution in [0.1, 0.15) is 6.42 Å². The van der Waals surface area contributed by atoms with Gasteiger partial charge in [0.1, 0.15) is 0 Å². The lowest BCUT2D eigenvalue weighted by Crippen LogP contribution is -2.41. The van der Waals surface area contributed by atoms with E-state index in [4.69, 9.17) is 0 Å². The number of hydrogen-bond donors (Lipinski definition) is 3. The molecule has 0 saturated carbocycles. The van der Waals surface area contributed by atoms with Gasteiger partial charge in [0.25, 0.3) is 0 Å². The summed E-state index contributed by atoms with van der Waals surface area (Å²) in [5.74, 6) is -0.209. The lowest BCUT2D eigenvalue weighted by Gasteiger charge is -2.18. The highest BCUT2D eigenvalue weighted by Gasteiger charge is 2.13. The average Bonchev–Trinajstić information content (AvgIpc) is 2.57. The van der Waals surface area contributed by atoms with Crippen molar-refractivity contribution in [2.75, 3.05) is 52.1 Å². The molecule has 1 amide bonds. The molecule has 8 heteroatoms. The van der Waals surface area contributed by atoms with Crippen LogP contribution < -0.4 is 15.4 Å². The fraction of sp³-hybridized carbons (Fsp3) is 0.900. The Kier molecular flexibility index (Phi) is 6.55. The van der Waals surface area contributed by atoms with E-state index in [-0.39, 0.29) is 18.2 Å². The quantitative estimate of drug-likeness (QED) is 0.520. The highest BCUT2D eigenvalue weighted by atomic mass is 32.2. The molecule has 1 saturated heterocycles. The Balaban J connectivity index is 2.20. The first-order chi connectivity index (χ1) is 8.53. The van der Waals surface area contributed by atoms with Crippen molar-refractivity contribution in [3.05, 3.63) is 0 Å². The number of sulfonamides is 1. The van der Waals surface area contributed by atoms with Gasteiger partial charge in [0.15, 0.2) is 0 Å². The van der Waals surface area contributed by atoms with E-state index in [2.05, 4.69) is 20.3 Å². The zero-order chi connectivity index (χ0) is 13.4. The SMILES string of the molecule is CNS(=O)(=O)CCNC(=O)CN1CCCNCC1. The fourth-order valence-corrected chi connectivity index (χ4v) is 2.32. The summed E-state index contributed by atoms with van der Waals surface area (Å²) in [5.41, 5.74) is 0. The minimum atomic E-state index is -3.24. The summed E-state index contributed by atoms with van der Waals surface area (Å²) in [6, 6.07) is 0. The summed E-state index contributed by atoms with van der Waals surface area (Å²) in [4.78, 5) is 13.7. The van der Waals surface area contributed by atoms with E-state index < -0.39 is 10.0 Å². The van der Waals surface area contributed by atoms with Crippen molar-refractivity contribution in [2.45, 2.75) is 6.42 Å². The number of nitrogens with zero attached hydrogens (tertiary/aromatic N) is 1. The Labute approximate surface area is 108 Å². The van der Waals surface area contributed by atoms with E-state index in [0.29, 0.717) is 6.54 Å². The third-order valence-corrected chi connectivity index (χ3v) is 4.17. The molecule has 0 spiro atoms. The van der Waals surface area contributed by atoms with Crippen LogP contribution in [-0.2, 0) is 14.8 Å². The normalized spacial score (nSPS) is 18.3. The van der Waals surface area contributed by atoms with Gasteiger partial charge in [0, 0.05) is 19.6 Å². The predicted molar refractivity (Wildman–Crippen MR) is 69.8 cm³/mol. The van der Waals surface area contributed by atoms with Gasteiger partial charge in [0.05, 0.1) is 12.3 Å². The predicted octanol–water partition coefficient (Wildman–Crippen LogP) is -2.05. The number of amides is 1. The third-order valence-electron chi connectivity index (χ3n) is 2.80. The number of carbonyl (C=O) groups excluding carboxylic acids is 1. The minimum Gasteiger partial charge on any atom is -0.354 e. The lowest BCUT2D eigenvalue weighted by molar-refractivity contribution is -0.122. The smallest absolute Gasteiger partial charge is 0.234 e. The second-order valence-electron chi connectivity index (χ2n) is 4.25. The van der Waals surface area contributed by atoms with E-state index in [1.165, 1.54) is 7.05 Å². The van der Waals surface area contributed by atoms with Gasteiger partial charge in [-0.25, -0.2) is 13.1 Å². The summed E-state index contributed by atoms with van der Waals surface area (Å²) < 4.78 is 24.5. The van der Waals surface area contributed by atoms with Crippen molar-refractivity contribution in [3.8, 4) is 0 Å². The van der Waals surface area contributed by atoms with E-state index in [1.807, 2.05) is 0 Å². The molecule has 0 radical (unpaired) electrons. The molecule has 18 heavy (non-hydrogen) atoms. The molecule has 0 aromatic rings. The number of nitrogens with one attached hydrogen (secondary N) is 3. The first-order valence-electron chi connectivity index (χ1n) is 6.14. The number of carbonyl (C=O) groups is 1. The zero-order valence-corrected chi connectivity index (χ0v) is 11.6. The van der Waals surface area contributed by atoms with E-state index in [1.54, 1.807) is 0 Å². The monoisotopic (exact) mass is 278 g/mol. The average molecular weight is 278 g/mol. The highest BCUT2D eigenvalue weighted by Crippen LogP contribution is 1.94. The molecule has 0 aliphatic carbocycles. The molecule has 1 rings (SSSR count). The molecule has 1 heterocycles. The maximum atomic E-state index is 11.6. The second-order valence-corrected chi connectivity index (χ2v) is 6.30. The van der Waals surface area contributed by atoms with Crippen LogP contribution in [0.15, 0.2) is 0 Å². The summed E-state index contributed by atoms with van der Waals surface area (Å²) in [6.45, 7) is 4.10. The van der Waals surface area contributed by atoms with Crippen LogP contribution >= 0.6 is 0 Å². The van der Waals surface area contributed by atoms with Gasteiger partial charge in [-0.05, 0) is 26.6 Å². The van der Waals surface area contributed by atoms with Gasteiger partial charge in [-0.15, -0.1) is 0 Å². The second kappa shape index (κ2) is 7.67. The van der Waals surface area contributed by atoms with Crippen LogP contribution in [0.25, 0.3) is 0 Å². The maximum absolute atomic E-state index is 11.6. The minimum absolute atomic E-state index is 0.0865. The highest BCUT2D eigenvalue weighted by molar-refractivity contribution is 7.89. The molecule has 0 aromatic heterocycles. The topological polar surface area (TPSA) is 90.5 Å². The number of rotatable bonds is 6. The lowest BCUT2D eigenvalue weighted by atomic mass is 10.4. The van der Waals surface area contributed by atoms with Gasteiger partial charge < -0.3 is 10.6 Å². The first-order valence-corrected chi connectivity index (χ1v) is 7.80. The maximum Gasteiger partial charge on any atom is 0.234 e. The van der Waals surface area contributed by atoms with Crippen LogP contribution in [0.4, 0.5) is 0 Å². The Bertz CT molecular complexity index is 350. The standard InChI is InChI=1S/C10H22N4O3S/c1-11-18(16,17)8-5-13-10(15)9-14-6-2-3-12-4-7-14/h11-12H,2-9H2,1H3,(H,13,15). The van der Waals surface area contributed by atoms with Gasteiger partial charge in [-0.2, -0.15) is 0 Å². The number of hydrogen-bond acceptors (Lipinski definition) is 5. The van der Waals surface area contributed by atoms with Crippen molar-refractivity contribution >= 4 is 15.9 Å². The van der Waals surface area contributed by atoms with Gasteiger partial charge in [0.2, 0.25) is 15.9 Å². The Hall–Kier alpha value is -0.700. The van der Waals surface area contributed by atoms with Crippen molar-refractivity contribution in [3.63, 3.8) is 0 Å². The summed E-state index contributed by atoms with van der Waals surface area (Å²) in [7, 11) is -1.88. The molecule has 0 unspecified atom stereocenters. The van der Waals surface area contributed by atoms with Crippen molar-refractivity contribution in [1.82, 2.24) is 20.3 Å². The van der Waals surface area contributed by atoms with E-state index in [0.717, 1.165) is 32.6 Å². The van der Waals surface area contributed by atoms with E-state index in [9.17, 15) is 13.2 Å². The Morgan fingerprint density at radius 3 is 2.83 bits per heavy atom. The molecule has 0 aromatic carbocycles. The third kappa shape index (κ3) is 6.29. The molecular formula is C10H22N4O3S. The van der Waals surface area contributed by atoms with E-state index >= 15 is 0 Å². The molecular weight excluding hydrogens is 256 g/mol. The molecule has 1 aliphatic rings. The Morgan fingerprint density at radius 2 is 2.11 bits per heavy atom. The fourth-order valence-electron chi connectivity index (χ4n) is 1.75. The molecule has 7 nitrogen and oxygen atoms in total. The van der Waals surface area contributed by atoms with Crippen LogP contribution in [0.5, 0.6) is 0 Å². The van der Waals surface area contributed by atoms with Crippen LogP contribution in [-0.4, -0.2) is 71.3 Å². The first kappa shape index (κ1) is 15.4. The molecule has 3 N–H and O–H groups in total. The van der Waals surface area contributed by atoms with Gasteiger partial charge in [-0.3, -0.25) is 9.69 Å². The summed E-state index contributed by atoms with van der Waals surface area (Å²) >= 11 is 0. The zero-order valence-electron chi connectivity index (χ0n) is 10.7. The molecule has 1 fully saturated rings. The molecule has 0 bridgehead atoms. The van der Waals surface area contributed by atoms with Crippen LogP contribution in [0.3, 0.4) is 0 Å². The van der Waals surface area contributed by atoms with Crippen molar-refractivity contribution in [1.29, 1.82) is 0 Å². The van der Waals surface area contributed by atoms with Crippen molar-refractivity contribution < 1.29 is 13.2 Å². The van der Waals surface area contributed by atoms with Crippen LogP contribution in [0.2, 0.25) is 0 Å². The summed E-state index contributed by atoms with van der Waals surface area (Å²) in [6.07, 6.45) is 1.03.